The first-order valence-electron chi connectivity index (χ1n) is 2.90. The van der Waals surface area contributed by atoms with Gasteiger partial charge in [0.1, 0.15) is 0 Å². The summed E-state index contributed by atoms with van der Waals surface area (Å²) in [5.74, 6) is 0. The average Bonchev–Trinajstić information content (AvgIpc) is 1.88. The zero-order valence-electron chi connectivity index (χ0n) is 5.21. The van der Waals surface area contributed by atoms with E-state index in [4.69, 9.17) is 0 Å². The molecule has 0 N–H and O–H groups in total. The van der Waals surface area contributed by atoms with Gasteiger partial charge >= 0.3 is 0 Å². The number of nitro groups is 1. The molecule has 0 fully saturated rings. The van der Waals surface area contributed by atoms with Crippen LogP contribution in [-0.2, 0) is 0 Å². The number of nitrogens with zero attached hydrogens (tertiary/aromatic N) is 1. The van der Waals surface area contributed by atoms with Crippen LogP contribution in [0, 0.1) is 10.1 Å². The van der Waals surface area contributed by atoms with E-state index >= 15 is 0 Å². The Kier molecular flexibility index (Phi) is 2.21. The van der Waals surface area contributed by atoms with Gasteiger partial charge in [0.25, 0.3) is 0 Å². The van der Waals surface area contributed by atoms with E-state index in [1.807, 2.05) is 0 Å². The highest BCUT2D eigenvalue weighted by Crippen LogP contribution is 2.22. The Balaban J connectivity index is 2.74. The van der Waals surface area contributed by atoms with Gasteiger partial charge in [0.15, 0.2) is 0 Å². The molecule has 0 aliphatic heterocycles. The van der Waals surface area contributed by atoms with Crippen LogP contribution in [0.25, 0.3) is 0 Å². The Morgan fingerprint density at radius 2 is 2.20 bits per heavy atom. The molecule has 1 aliphatic carbocycles. The standard InChI is InChI=1S/C6H6BrNO2/c7-5-1-3-6(4-2-5)8(9)10/h1,3H,2,4H2. The van der Waals surface area contributed by atoms with Crippen LogP contribution in [0.2, 0.25) is 0 Å². The molecule has 0 unspecified atom stereocenters. The minimum atomic E-state index is -0.337. The van der Waals surface area contributed by atoms with Crippen LogP contribution in [-0.4, -0.2) is 4.92 Å². The molecule has 0 heterocycles. The third kappa shape index (κ3) is 1.67. The van der Waals surface area contributed by atoms with Crippen LogP contribution >= 0.6 is 15.9 Å². The molecule has 0 spiro atoms. The number of allylic oxidation sites excluding steroid dienone is 4. The van der Waals surface area contributed by atoms with Gasteiger partial charge in [-0.2, -0.15) is 0 Å². The fourth-order valence-corrected chi connectivity index (χ4v) is 1.08. The highest BCUT2D eigenvalue weighted by molar-refractivity contribution is 9.11. The van der Waals surface area contributed by atoms with E-state index in [2.05, 4.69) is 15.9 Å². The van der Waals surface area contributed by atoms with Gasteiger partial charge in [-0.3, -0.25) is 10.1 Å². The lowest BCUT2D eigenvalue weighted by Crippen LogP contribution is -2.00. The summed E-state index contributed by atoms with van der Waals surface area (Å²) in [5.41, 5.74) is 0.295. The monoisotopic (exact) mass is 203 g/mol. The maximum atomic E-state index is 10.2. The van der Waals surface area contributed by atoms with E-state index in [1.165, 1.54) is 6.08 Å². The molecule has 1 aliphatic rings. The van der Waals surface area contributed by atoms with Crippen molar-refractivity contribution >= 4 is 15.9 Å². The first kappa shape index (κ1) is 7.47. The Labute approximate surface area is 66.7 Å². The lowest BCUT2D eigenvalue weighted by Gasteiger charge is -2.01. The summed E-state index contributed by atoms with van der Waals surface area (Å²) in [6.07, 6.45) is 4.53. The molecular formula is C6H6BrNO2. The maximum absolute atomic E-state index is 10.2. The van der Waals surface area contributed by atoms with Crippen LogP contribution < -0.4 is 0 Å². The van der Waals surface area contributed by atoms with Gasteiger partial charge in [0, 0.05) is 12.5 Å². The lowest BCUT2D eigenvalue weighted by molar-refractivity contribution is -0.428. The molecule has 3 nitrogen and oxygen atoms in total. The third-order valence-corrected chi connectivity index (χ3v) is 1.97. The van der Waals surface area contributed by atoms with Crippen molar-refractivity contribution in [2.24, 2.45) is 0 Å². The summed E-state index contributed by atoms with van der Waals surface area (Å²) < 4.78 is 1.03. The van der Waals surface area contributed by atoms with Gasteiger partial charge in [-0.15, -0.1) is 0 Å². The molecule has 0 saturated carbocycles. The zero-order chi connectivity index (χ0) is 7.56. The lowest BCUT2D eigenvalue weighted by atomic mass is 10.1. The summed E-state index contributed by atoms with van der Waals surface area (Å²) in [7, 11) is 0. The first-order valence-corrected chi connectivity index (χ1v) is 3.69. The van der Waals surface area contributed by atoms with Crippen LogP contribution in [0.15, 0.2) is 22.3 Å². The molecule has 0 atom stereocenters. The SMILES string of the molecule is O=[N+]([O-])C1=CC=C(Br)CC1. The second-order valence-corrected chi connectivity index (χ2v) is 3.05. The number of halogens is 1. The second kappa shape index (κ2) is 2.96. The van der Waals surface area contributed by atoms with Gasteiger partial charge in [-0.1, -0.05) is 15.9 Å². The molecule has 0 bridgehead atoms. The molecule has 0 aromatic heterocycles. The van der Waals surface area contributed by atoms with Crippen LogP contribution in [0.1, 0.15) is 12.8 Å². The summed E-state index contributed by atoms with van der Waals surface area (Å²) >= 11 is 3.26. The van der Waals surface area contributed by atoms with E-state index in [0.29, 0.717) is 12.1 Å². The molecule has 0 aromatic rings. The molecule has 0 amide bonds. The van der Waals surface area contributed by atoms with Crippen molar-refractivity contribution in [3.63, 3.8) is 0 Å². The topological polar surface area (TPSA) is 43.1 Å². The van der Waals surface area contributed by atoms with Crippen LogP contribution in [0.3, 0.4) is 0 Å². The van der Waals surface area contributed by atoms with Gasteiger partial charge in [0.2, 0.25) is 5.70 Å². The van der Waals surface area contributed by atoms with Crippen molar-refractivity contribution in [2.75, 3.05) is 0 Å². The summed E-state index contributed by atoms with van der Waals surface area (Å²) in [5, 5.41) is 10.2. The van der Waals surface area contributed by atoms with Gasteiger partial charge in [-0.25, -0.2) is 0 Å². The minimum absolute atomic E-state index is 0.295. The fraction of sp³-hybridized carbons (Fsp3) is 0.333. The van der Waals surface area contributed by atoms with Crippen molar-refractivity contribution in [1.82, 2.24) is 0 Å². The van der Waals surface area contributed by atoms with Crippen LogP contribution in [0.4, 0.5) is 0 Å². The summed E-state index contributed by atoms with van der Waals surface area (Å²) in [6, 6.07) is 0. The molecule has 10 heavy (non-hydrogen) atoms. The van der Waals surface area contributed by atoms with Crippen LogP contribution in [0.5, 0.6) is 0 Å². The normalized spacial score (nSPS) is 17.7. The third-order valence-electron chi connectivity index (χ3n) is 1.31. The Bertz CT molecular complexity index is 220. The van der Waals surface area contributed by atoms with Gasteiger partial charge in [-0.05, 0) is 17.0 Å². The average molecular weight is 204 g/mol. The maximum Gasteiger partial charge on any atom is 0.246 e. The number of hydrogen-bond donors (Lipinski definition) is 0. The zero-order valence-corrected chi connectivity index (χ0v) is 6.80. The quantitative estimate of drug-likeness (QED) is 0.485. The van der Waals surface area contributed by atoms with E-state index in [0.717, 1.165) is 10.9 Å². The summed E-state index contributed by atoms with van der Waals surface area (Å²) in [6.45, 7) is 0. The van der Waals surface area contributed by atoms with Crippen molar-refractivity contribution in [3.05, 3.63) is 32.4 Å². The molecule has 4 heteroatoms. The highest BCUT2D eigenvalue weighted by Gasteiger charge is 2.12. The van der Waals surface area contributed by atoms with Gasteiger partial charge < -0.3 is 0 Å². The molecular weight excluding hydrogens is 198 g/mol. The van der Waals surface area contributed by atoms with Crippen molar-refractivity contribution in [3.8, 4) is 0 Å². The van der Waals surface area contributed by atoms with Crippen molar-refractivity contribution in [2.45, 2.75) is 12.8 Å². The number of hydrogen-bond acceptors (Lipinski definition) is 2. The minimum Gasteiger partial charge on any atom is -0.259 e. The Morgan fingerprint density at radius 3 is 2.60 bits per heavy atom. The Hall–Kier alpha value is -0.640. The van der Waals surface area contributed by atoms with E-state index < -0.39 is 0 Å². The molecule has 54 valence electrons. The molecule has 1 rings (SSSR count). The first-order chi connectivity index (χ1) is 4.70. The Morgan fingerprint density at radius 1 is 1.50 bits per heavy atom. The predicted molar refractivity (Wildman–Crippen MR) is 41.3 cm³/mol. The number of rotatable bonds is 1. The molecule has 0 aromatic carbocycles. The largest absolute Gasteiger partial charge is 0.259 e. The highest BCUT2D eigenvalue weighted by atomic mass is 79.9. The fourth-order valence-electron chi connectivity index (χ4n) is 0.753. The van der Waals surface area contributed by atoms with E-state index in [-0.39, 0.29) is 4.92 Å². The van der Waals surface area contributed by atoms with E-state index in [1.54, 1.807) is 6.08 Å². The van der Waals surface area contributed by atoms with Gasteiger partial charge in [0.05, 0.1) is 4.92 Å². The van der Waals surface area contributed by atoms with Crippen molar-refractivity contribution < 1.29 is 4.92 Å². The van der Waals surface area contributed by atoms with E-state index in [9.17, 15) is 10.1 Å². The predicted octanol–water partition coefficient (Wildman–Crippen LogP) is 2.22. The second-order valence-electron chi connectivity index (χ2n) is 2.03. The molecule has 0 saturated heterocycles. The summed E-state index contributed by atoms with van der Waals surface area (Å²) in [4.78, 5) is 9.82. The van der Waals surface area contributed by atoms with Crippen molar-refractivity contribution in [1.29, 1.82) is 0 Å². The molecule has 0 radical (unpaired) electrons. The smallest absolute Gasteiger partial charge is 0.246 e.